The van der Waals surface area contributed by atoms with Gasteiger partial charge in [-0.25, -0.2) is 9.67 Å². The van der Waals surface area contributed by atoms with Crippen LogP contribution in [0.1, 0.15) is 50.8 Å². The first-order chi connectivity index (χ1) is 10.4. The molecule has 1 atom stereocenters. The van der Waals surface area contributed by atoms with E-state index in [0.717, 1.165) is 19.3 Å². The molecule has 0 aliphatic rings. The highest BCUT2D eigenvalue weighted by Crippen LogP contribution is 2.30. The van der Waals surface area contributed by atoms with Crippen molar-refractivity contribution >= 4 is 5.78 Å². The highest BCUT2D eigenvalue weighted by molar-refractivity contribution is 5.87. The molecule has 4 nitrogen and oxygen atoms in total. The lowest BCUT2D eigenvalue weighted by molar-refractivity contribution is -0.131. The van der Waals surface area contributed by atoms with Crippen LogP contribution >= 0.6 is 0 Å². The Balaban J connectivity index is 2.18. The third-order valence-electron chi connectivity index (χ3n) is 4.05. The molecule has 22 heavy (non-hydrogen) atoms. The molecule has 0 bridgehead atoms. The zero-order chi connectivity index (χ0) is 16.2. The molecule has 2 rings (SSSR count). The van der Waals surface area contributed by atoms with E-state index in [1.807, 2.05) is 13.8 Å². The van der Waals surface area contributed by atoms with Gasteiger partial charge in [0.05, 0.1) is 0 Å². The number of carbonyl (C=O) groups is 1. The largest absolute Gasteiger partial charge is 0.297 e. The van der Waals surface area contributed by atoms with Crippen molar-refractivity contribution in [2.75, 3.05) is 0 Å². The van der Waals surface area contributed by atoms with Crippen molar-refractivity contribution in [1.82, 2.24) is 14.8 Å². The summed E-state index contributed by atoms with van der Waals surface area (Å²) < 4.78 is 1.70. The zero-order valence-electron chi connectivity index (χ0n) is 13.9. The summed E-state index contributed by atoms with van der Waals surface area (Å²) in [5.41, 5.74) is 2.00. The molecule has 0 aliphatic heterocycles. The molecule has 0 spiro atoms. The van der Waals surface area contributed by atoms with Gasteiger partial charge in [0, 0.05) is 5.41 Å². The van der Waals surface area contributed by atoms with Crippen molar-refractivity contribution in [3.05, 3.63) is 48.0 Å². The van der Waals surface area contributed by atoms with Crippen molar-refractivity contribution in [1.29, 1.82) is 0 Å². The Bertz CT molecular complexity index is 600. The second kappa shape index (κ2) is 6.86. The van der Waals surface area contributed by atoms with E-state index in [2.05, 4.69) is 48.2 Å². The van der Waals surface area contributed by atoms with Crippen LogP contribution in [0.3, 0.4) is 0 Å². The summed E-state index contributed by atoms with van der Waals surface area (Å²) in [5.74, 6) is 0.223. The summed E-state index contributed by atoms with van der Waals surface area (Å²) in [6, 6.07) is 8.17. The molecule has 2 aromatic rings. The van der Waals surface area contributed by atoms with Gasteiger partial charge >= 0.3 is 0 Å². The van der Waals surface area contributed by atoms with Gasteiger partial charge in [-0.1, -0.05) is 57.0 Å². The van der Waals surface area contributed by atoms with Crippen LogP contribution in [0.4, 0.5) is 0 Å². The first-order valence-corrected chi connectivity index (χ1v) is 7.88. The number of ketones is 1. The molecule has 0 saturated heterocycles. The number of aromatic nitrogens is 3. The summed E-state index contributed by atoms with van der Waals surface area (Å²) >= 11 is 0. The van der Waals surface area contributed by atoms with Crippen LogP contribution in [0.15, 0.2) is 36.9 Å². The third kappa shape index (κ3) is 3.81. The van der Waals surface area contributed by atoms with E-state index in [4.69, 9.17) is 0 Å². The van der Waals surface area contributed by atoms with E-state index in [0.29, 0.717) is 0 Å². The minimum Gasteiger partial charge on any atom is -0.297 e. The van der Waals surface area contributed by atoms with Crippen LogP contribution in [0.25, 0.3) is 0 Å². The summed E-state index contributed by atoms with van der Waals surface area (Å²) in [6.45, 7) is 8.20. The van der Waals surface area contributed by atoms with Crippen molar-refractivity contribution in [2.45, 2.75) is 53.0 Å². The topological polar surface area (TPSA) is 47.8 Å². The quantitative estimate of drug-likeness (QED) is 0.782. The molecule has 0 saturated carbocycles. The average Bonchev–Trinajstić information content (AvgIpc) is 3.00. The van der Waals surface area contributed by atoms with Gasteiger partial charge in [0.2, 0.25) is 0 Å². The van der Waals surface area contributed by atoms with E-state index in [-0.39, 0.29) is 11.8 Å². The van der Waals surface area contributed by atoms with Gasteiger partial charge in [-0.3, -0.25) is 4.79 Å². The number of carbonyl (C=O) groups excluding carboxylic acids is 1. The summed E-state index contributed by atoms with van der Waals surface area (Å²) in [7, 11) is 0. The highest BCUT2D eigenvalue weighted by Gasteiger charge is 2.34. The van der Waals surface area contributed by atoms with Crippen LogP contribution < -0.4 is 0 Å². The first kappa shape index (κ1) is 16.4. The number of Topliss-reactive ketones (excluding diaryl/α,β-unsaturated/α-hetero) is 1. The minimum atomic E-state index is -0.430. The lowest BCUT2D eigenvalue weighted by Gasteiger charge is -2.28. The monoisotopic (exact) mass is 299 g/mol. The maximum atomic E-state index is 13.0. The van der Waals surface area contributed by atoms with Crippen molar-refractivity contribution in [2.24, 2.45) is 5.41 Å². The Hall–Kier alpha value is -1.97. The maximum Gasteiger partial charge on any atom is 0.163 e. The predicted molar refractivity (Wildman–Crippen MR) is 87.6 cm³/mol. The smallest absolute Gasteiger partial charge is 0.163 e. The van der Waals surface area contributed by atoms with Crippen LogP contribution in [0, 0.1) is 12.3 Å². The second-order valence-electron chi connectivity index (χ2n) is 6.59. The van der Waals surface area contributed by atoms with Gasteiger partial charge in [-0.2, -0.15) is 5.10 Å². The zero-order valence-corrected chi connectivity index (χ0v) is 13.9. The van der Waals surface area contributed by atoms with Gasteiger partial charge in [0.1, 0.15) is 18.7 Å². The lowest BCUT2D eigenvalue weighted by atomic mass is 9.78. The molecular formula is C18H25N3O. The molecule has 118 valence electrons. The van der Waals surface area contributed by atoms with Crippen LogP contribution in [-0.4, -0.2) is 20.5 Å². The van der Waals surface area contributed by atoms with E-state index in [9.17, 15) is 4.79 Å². The molecule has 1 heterocycles. The van der Waals surface area contributed by atoms with Crippen molar-refractivity contribution in [3.8, 4) is 0 Å². The Morgan fingerprint density at radius 2 is 1.95 bits per heavy atom. The molecule has 0 N–H and O–H groups in total. The van der Waals surface area contributed by atoms with Crippen LogP contribution in [0.2, 0.25) is 0 Å². The normalized spacial score (nSPS) is 13.1. The van der Waals surface area contributed by atoms with Crippen molar-refractivity contribution < 1.29 is 4.79 Å². The number of nitrogens with zero attached hydrogens (tertiary/aromatic N) is 3. The second-order valence-corrected chi connectivity index (χ2v) is 6.59. The Morgan fingerprint density at radius 1 is 1.27 bits per heavy atom. The van der Waals surface area contributed by atoms with E-state index < -0.39 is 5.41 Å². The van der Waals surface area contributed by atoms with Crippen LogP contribution in [0.5, 0.6) is 0 Å². The van der Waals surface area contributed by atoms with E-state index in [1.165, 1.54) is 17.5 Å². The average molecular weight is 299 g/mol. The van der Waals surface area contributed by atoms with Gasteiger partial charge in [0.15, 0.2) is 5.78 Å². The van der Waals surface area contributed by atoms with Gasteiger partial charge in [-0.15, -0.1) is 0 Å². The summed E-state index contributed by atoms with van der Waals surface area (Å²) in [4.78, 5) is 17.0. The molecular weight excluding hydrogens is 274 g/mol. The summed E-state index contributed by atoms with van der Waals surface area (Å²) in [5, 5.41) is 4.17. The van der Waals surface area contributed by atoms with Crippen LogP contribution in [-0.2, 0) is 11.2 Å². The predicted octanol–water partition coefficient (Wildman–Crippen LogP) is 3.77. The molecule has 0 fully saturated rings. The van der Waals surface area contributed by atoms with Gasteiger partial charge < -0.3 is 0 Å². The Morgan fingerprint density at radius 3 is 2.50 bits per heavy atom. The van der Waals surface area contributed by atoms with E-state index in [1.54, 1.807) is 11.0 Å². The number of benzene rings is 1. The lowest BCUT2D eigenvalue weighted by Crippen LogP contribution is -2.34. The fraction of sp³-hybridized carbons (Fsp3) is 0.500. The number of hydrogen-bond acceptors (Lipinski definition) is 3. The number of rotatable bonds is 7. The Labute approximate surface area is 132 Å². The SMILES string of the molecule is CCCC(C(=O)C(C)(C)Cc1ccc(C)cc1)n1cncn1. The fourth-order valence-electron chi connectivity index (χ4n) is 2.79. The molecule has 1 aromatic carbocycles. The number of hydrogen-bond donors (Lipinski definition) is 0. The highest BCUT2D eigenvalue weighted by atomic mass is 16.1. The molecule has 0 amide bonds. The Kier molecular flexibility index (Phi) is 5.11. The molecule has 4 heteroatoms. The minimum absolute atomic E-state index is 0.223. The standard InChI is InChI=1S/C18H25N3O/c1-5-6-16(21-13-19-12-20-21)17(22)18(3,4)11-15-9-7-14(2)8-10-15/h7-10,12-13,16H,5-6,11H2,1-4H3. The maximum absolute atomic E-state index is 13.0. The molecule has 1 unspecified atom stereocenters. The van der Waals surface area contributed by atoms with Gasteiger partial charge in [-0.05, 0) is 25.3 Å². The van der Waals surface area contributed by atoms with E-state index >= 15 is 0 Å². The molecule has 0 radical (unpaired) electrons. The molecule has 0 aliphatic carbocycles. The fourth-order valence-corrected chi connectivity index (χ4v) is 2.79. The first-order valence-electron chi connectivity index (χ1n) is 7.88. The van der Waals surface area contributed by atoms with Crippen molar-refractivity contribution in [3.63, 3.8) is 0 Å². The van der Waals surface area contributed by atoms with Gasteiger partial charge in [0.25, 0.3) is 0 Å². The summed E-state index contributed by atoms with van der Waals surface area (Å²) in [6.07, 6.45) is 5.60. The molecule has 1 aromatic heterocycles. The number of aryl methyl sites for hydroxylation is 1. The third-order valence-corrected chi connectivity index (χ3v) is 4.05.